The summed E-state index contributed by atoms with van der Waals surface area (Å²) in [6.45, 7) is 7.20. The van der Waals surface area contributed by atoms with Gasteiger partial charge in [0.25, 0.3) is 5.91 Å². The number of ether oxygens (including phenoxy) is 1. The monoisotopic (exact) mass is 366 g/mol. The lowest BCUT2D eigenvalue weighted by molar-refractivity contribution is -0.153. The number of carbonyl (C=O) groups is 2. The predicted octanol–water partition coefficient (Wildman–Crippen LogP) is 3.87. The van der Waals surface area contributed by atoms with E-state index in [0.29, 0.717) is 5.56 Å². The number of nitrogens with zero attached hydrogens (tertiary/aromatic N) is 2. The van der Waals surface area contributed by atoms with Crippen molar-refractivity contribution in [1.82, 2.24) is 9.88 Å². The summed E-state index contributed by atoms with van der Waals surface area (Å²) in [6.07, 6.45) is 5.73. The van der Waals surface area contributed by atoms with Gasteiger partial charge in [0, 0.05) is 31.0 Å². The minimum Gasteiger partial charge on any atom is -0.460 e. The molecule has 0 spiro atoms. The van der Waals surface area contributed by atoms with Crippen LogP contribution in [0.3, 0.4) is 0 Å². The van der Waals surface area contributed by atoms with Gasteiger partial charge in [0.05, 0.1) is 12.0 Å². The summed E-state index contributed by atoms with van der Waals surface area (Å²) in [4.78, 5) is 30.9. The molecular weight excluding hydrogens is 340 g/mol. The number of hydrogen-bond donors (Lipinski definition) is 0. The summed E-state index contributed by atoms with van der Waals surface area (Å²) in [5, 5.41) is 0. The second-order valence-corrected chi connectivity index (χ2v) is 7.88. The highest BCUT2D eigenvalue weighted by Gasteiger charge is 2.22. The first-order valence-corrected chi connectivity index (χ1v) is 9.38. The van der Waals surface area contributed by atoms with E-state index < -0.39 is 5.60 Å². The average Bonchev–Trinajstić information content (AvgIpc) is 3.15. The Labute approximate surface area is 160 Å². The molecule has 0 unspecified atom stereocenters. The smallest absolute Gasteiger partial charge is 0.310 e. The third-order valence-corrected chi connectivity index (χ3v) is 4.48. The van der Waals surface area contributed by atoms with Crippen LogP contribution in [0.4, 0.5) is 0 Å². The van der Waals surface area contributed by atoms with Crippen LogP contribution in [0.2, 0.25) is 0 Å². The lowest BCUT2D eigenvalue weighted by Gasteiger charge is -2.19. The largest absolute Gasteiger partial charge is 0.460 e. The number of likely N-dealkylation sites (tertiary alicyclic amines) is 1. The molecule has 1 aromatic carbocycles. The minimum atomic E-state index is -0.489. The van der Waals surface area contributed by atoms with Crippen LogP contribution in [0.1, 0.15) is 49.5 Å². The van der Waals surface area contributed by atoms with Crippen molar-refractivity contribution in [2.24, 2.45) is 0 Å². The molecule has 0 atom stereocenters. The van der Waals surface area contributed by atoms with Crippen molar-refractivity contribution >= 4 is 11.9 Å². The molecule has 0 aliphatic carbocycles. The van der Waals surface area contributed by atoms with Gasteiger partial charge in [0.1, 0.15) is 5.60 Å². The van der Waals surface area contributed by atoms with Gasteiger partial charge in [-0.25, -0.2) is 0 Å². The first kappa shape index (κ1) is 19.1. The van der Waals surface area contributed by atoms with Crippen LogP contribution in [0.5, 0.6) is 0 Å². The van der Waals surface area contributed by atoms with E-state index in [0.717, 1.165) is 42.6 Å². The number of rotatable bonds is 4. The molecule has 1 aromatic heterocycles. The van der Waals surface area contributed by atoms with E-state index in [9.17, 15) is 9.59 Å². The molecule has 5 nitrogen and oxygen atoms in total. The van der Waals surface area contributed by atoms with Gasteiger partial charge in [-0.2, -0.15) is 0 Å². The van der Waals surface area contributed by atoms with Crippen LogP contribution >= 0.6 is 0 Å². The fraction of sp³-hybridized carbons (Fsp3) is 0.409. The summed E-state index contributed by atoms with van der Waals surface area (Å²) in [6, 6.07) is 9.44. The van der Waals surface area contributed by atoms with Crippen LogP contribution < -0.4 is 0 Å². The van der Waals surface area contributed by atoms with Gasteiger partial charge in [-0.05, 0) is 50.8 Å². The average molecular weight is 366 g/mol. The molecule has 2 aromatic rings. The SMILES string of the molecule is CC(C)(C)OC(=O)Cc1ccc(-c2cnccc2C(=O)N2CCCC2)cc1. The van der Waals surface area contributed by atoms with Crippen LogP contribution in [0.15, 0.2) is 42.7 Å². The van der Waals surface area contributed by atoms with E-state index in [2.05, 4.69) is 4.98 Å². The molecule has 0 radical (unpaired) electrons. The Morgan fingerprint density at radius 3 is 2.37 bits per heavy atom. The maximum absolute atomic E-state index is 12.8. The summed E-state index contributed by atoms with van der Waals surface area (Å²) in [7, 11) is 0. The molecule has 1 aliphatic rings. The molecule has 142 valence electrons. The quantitative estimate of drug-likeness (QED) is 0.771. The first-order chi connectivity index (χ1) is 12.8. The zero-order valence-corrected chi connectivity index (χ0v) is 16.2. The highest BCUT2D eigenvalue weighted by atomic mass is 16.6. The standard InChI is InChI=1S/C22H26N2O3/c1-22(2,3)27-20(25)14-16-6-8-17(9-7-16)19-15-23-11-10-18(19)21(26)24-12-4-5-13-24/h6-11,15H,4-5,12-14H2,1-3H3. The lowest BCUT2D eigenvalue weighted by Crippen LogP contribution is -2.28. The Bertz CT molecular complexity index is 816. The van der Waals surface area contributed by atoms with Crippen LogP contribution in [0.25, 0.3) is 11.1 Å². The van der Waals surface area contributed by atoms with Crippen LogP contribution in [-0.2, 0) is 16.0 Å². The highest BCUT2D eigenvalue weighted by Crippen LogP contribution is 2.26. The van der Waals surface area contributed by atoms with Gasteiger partial charge in [-0.15, -0.1) is 0 Å². The molecule has 5 heteroatoms. The molecule has 1 aliphatic heterocycles. The van der Waals surface area contributed by atoms with Crippen molar-refractivity contribution in [3.05, 3.63) is 53.9 Å². The van der Waals surface area contributed by atoms with E-state index in [-0.39, 0.29) is 18.3 Å². The van der Waals surface area contributed by atoms with Gasteiger partial charge in [0.15, 0.2) is 0 Å². The molecule has 1 saturated heterocycles. The molecule has 3 rings (SSSR count). The fourth-order valence-electron chi connectivity index (χ4n) is 3.25. The Morgan fingerprint density at radius 2 is 1.74 bits per heavy atom. The van der Waals surface area contributed by atoms with Gasteiger partial charge < -0.3 is 9.64 Å². The number of pyridine rings is 1. The van der Waals surface area contributed by atoms with Crippen LogP contribution in [0, 0.1) is 0 Å². The topological polar surface area (TPSA) is 59.5 Å². The number of benzene rings is 1. The van der Waals surface area contributed by atoms with E-state index in [1.54, 1.807) is 18.5 Å². The van der Waals surface area contributed by atoms with E-state index >= 15 is 0 Å². The van der Waals surface area contributed by atoms with Gasteiger partial charge >= 0.3 is 5.97 Å². The predicted molar refractivity (Wildman–Crippen MR) is 104 cm³/mol. The second kappa shape index (κ2) is 7.91. The third-order valence-electron chi connectivity index (χ3n) is 4.48. The van der Waals surface area contributed by atoms with Gasteiger partial charge in [-0.1, -0.05) is 24.3 Å². The second-order valence-electron chi connectivity index (χ2n) is 7.88. The minimum absolute atomic E-state index is 0.0581. The third kappa shape index (κ3) is 4.94. The molecule has 2 heterocycles. The molecule has 0 bridgehead atoms. The van der Waals surface area contributed by atoms with Crippen molar-refractivity contribution in [2.45, 2.75) is 45.6 Å². The Morgan fingerprint density at radius 1 is 1.07 bits per heavy atom. The molecule has 0 N–H and O–H groups in total. The number of aromatic nitrogens is 1. The van der Waals surface area contributed by atoms with Crippen molar-refractivity contribution < 1.29 is 14.3 Å². The zero-order chi connectivity index (χ0) is 19.4. The Kier molecular flexibility index (Phi) is 5.59. The molecule has 27 heavy (non-hydrogen) atoms. The molecule has 1 fully saturated rings. The number of carbonyl (C=O) groups excluding carboxylic acids is 2. The Hall–Kier alpha value is -2.69. The maximum Gasteiger partial charge on any atom is 0.310 e. The molecule has 0 saturated carbocycles. The maximum atomic E-state index is 12.8. The van der Waals surface area contributed by atoms with Crippen LogP contribution in [-0.4, -0.2) is 40.5 Å². The summed E-state index contributed by atoms with van der Waals surface area (Å²) >= 11 is 0. The zero-order valence-electron chi connectivity index (χ0n) is 16.2. The summed E-state index contributed by atoms with van der Waals surface area (Å²) < 4.78 is 5.36. The van der Waals surface area contributed by atoms with Crippen molar-refractivity contribution in [1.29, 1.82) is 0 Å². The van der Waals surface area contributed by atoms with Gasteiger partial charge in [-0.3, -0.25) is 14.6 Å². The highest BCUT2D eigenvalue weighted by molar-refractivity contribution is 6.00. The number of hydrogen-bond acceptors (Lipinski definition) is 4. The van der Waals surface area contributed by atoms with E-state index in [4.69, 9.17) is 4.74 Å². The van der Waals surface area contributed by atoms with Crippen molar-refractivity contribution in [3.8, 4) is 11.1 Å². The van der Waals surface area contributed by atoms with Crippen molar-refractivity contribution in [3.63, 3.8) is 0 Å². The molecule has 1 amide bonds. The lowest BCUT2D eigenvalue weighted by atomic mass is 9.99. The molecular formula is C22H26N2O3. The normalized spacial score (nSPS) is 14.3. The van der Waals surface area contributed by atoms with E-state index in [1.807, 2.05) is 49.9 Å². The number of esters is 1. The summed E-state index contributed by atoms with van der Waals surface area (Å²) in [5.41, 5.74) is 2.80. The Balaban J connectivity index is 1.77. The first-order valence-electron chi connectivity index (χ1n) is 9.38. The van der Waals surface area contributed by atoms with E-state index in [1.165, 1.54) is 0 Å². The van der Waals surface area contributed by atoms with Gasteiger partial charge in [0.2, 0.25) is 0 Å². The summed E-state index contributed by atoms with van der Waals surface area (Å²) in [5.74, 6) is -0.191. The fourth-order valence-corrected chi connectivity index (χ4v) is 3.25. The number of amides is 1. The van der Waals surface area contributed by atoms with Crippen molar-refractivity contribution in [2.75, 3.05) is 13.1 Å².